The van der Waals surface area contributed by atoms with Crippen molar-refractivity contribution in [1.82, 2.24) is 5.16 Å². The summed E-state index contributed by atoms with van der Waals surface area (Å²) in [6.45, 7) is 5.78. The van der Waals surface area contributed by atoms with Crippen LogP contribution in [-0.4, -0.2) is 16.9 Å². The molecule has 6 nitrogen and oxygen atoms in total. The average molecular weight is 263 g/mol. The maximum Gasteiger partial charge on any atom is 0.413 e. The second-order valence-electron chi connectivity index (χ2n) is 5.19. The summed E-state index contributed by atoms with van der Waals surface area (Å²) >= 11 is 0. The Kier molecular flexibility index (Phi) is 3.44. The monoisotopic (exact) mass is 263 g/mol. The Labute approximate surface area is 110 Å². The molecule has 1 aromatic heterocycles. The van der Waals surface area contributed by atoms with Crippen molar-refractivity contribution in [3.05, 3.63) is 23.8 Å². The van der Waals surface area contributed by atoms with Gasteiger partial charge in [-0.25, -0.2) is 4.79 Å². The summed E-state index contributed by atoms with van der Waals surface area (Å²) in [6.07, 6.45) is -0.569. The highest BCUT2D eigenvalue weighted by Gasteiger charge is 2.18. The second-order valence-corrected chi connectivity index (χ2v) is 5.19. The quantitative estimate of drug-likeness (QED) is 0.869. The van der Waals surface area contributed by atoms with E-state index in [1.807, 2.05) is 12.1 Å². The molecule has 6 heteroatoms. The highest BCUT2D eigenvalue weighted by molar-refractivity contribution is 5.96. The summed E-state index contributed by atoms with van der Waals surface area (Å²) in [5.41, 5.74) is 6.54. The van der Waals surface area contributed by atoms with E-state index in [2.05, 4.69) is 10.5 Å². The first-order chi connectivity index (χ1) is 8.89. The van der Waals surface area contributed by atoms with Gasteiger partial charge in [0.25, 0.3) is 0 Å². The van der Waals surface area contributed by atoms with E-state index in [4.69, 9.17) is 15.0 Å². The van der Waals surface area contributed by atoms with Crippen molar-refractivity contribution in [2.75, 3.05) is 5.32 Å². The van der Waals surface area contributed by atoms with Crippen molar-refractivity contribution in [1.29, 1.82) is 0 Å². The first-order valence-electron chi connectivity index (χ1n) is 5.97. The molecule has 1 heterocycles. The van der Waals surface area contributed by atoms with Crippen LogP contribution in [0.2, 0.25) is 0 Å². The number of nitrogens with two attached hydrogens (primary N) is 1. The van der Waals surface area contributed by atoms with Crippen LogP contribution < -0.4 is 11.1 Å². The fourth-order valence-corrected chi connectivity index (χ4v) is 1.60. The molecule has 0 radical (unpaired) electrons. The van der Waals surface area contributed by atoms with E-state index in [1.165, 1.54) is 0 Å². The van der Waals surface area contributed by atoms with Gasteiger partial charge in [-0.05, 0) is 38.5 Å². The third kappa shape index (κ3) is 3.23. The standard InChI is InChI=1S/C13H17N3O3/c1-13(2,3)18-12(17)15-11-9-6-8(7-14)4-5-10(9)19-16-11/h4-6H,7,14H2,1-3H3,(H,15,16,17). The molecule has 2 aromatic rings. The summed E-state index contributed by atoms with van der Waals surface area (Å²) in [5, 5.41) is 7.08. The van der Waals surface area contributed by atoms with Crippen molar-refractivity contribution < 1.29 is 14.1 Å². The number of carbonyl (C=O) groups is 1. The number of rotatable bonds is 2. The zero-order valence-electron chi connectivity index (χ0n) is 11.2. The van der Waals surface area contributed by atoms with Crippen LogP contribution in [0.15, 0.2) is 22.7 Å². The Bertz CT molecular complexity index is 599. The minimum atomic E-state index is -0.569. The SMILES string of the molecule is CC(C)(C)OC(=O)Nc1noc2ccc(CN)cc12. The lowest BCUT2D eigenvalue weighted by Crippen LogP contribution is -2.27. The minimum absolute atomic E-state index is 0.333. The number of fused-ring (bicyclic) bond motifs is 1. The number of nitrogens with one attached hydrogen (secondary N) is 1. The molecule has 0 aliphatic heterocycles. The van der Waals surface area contributed by atoms with E-state index in [1.54, 1.807) is 26.8 Å². The fraction of sp³-hybridized carbons (Fsp3) is 0.385. The molecule has 0 aliphatic rings. The lowest BCUT2D eigenvalue weighted by atomic mass is 10.1. The third-order valence-corrected chi connectivity index (χ3v) is 2.39. The summed E-state index contributed by atoms with van der Waals surface area (Å²) < 4.78 is 10.3. The molecular formula is C13H17N3O3. The van der Waals surface area contributed by atoms with E-state index >= 15 is 0 Å². The number of anilines is 1. The van der Waals surface area contributed by atoms with Crippen LogP contribution in [0.4, 0.5) is 10.6 Å². The van der Waals surface area contributed by atoms with Crippen LogP contribution in [0.3, 0.4) is 0 Å². The fourth-order valence-electron chi connectivity index (χ4n) is 1.60. The average Bonchev–Trinajstić information content (AvgIpc) is 2.69. The van der Waals surface area contributed by atoms with E-state index in [0.717, 1.165) is 5.56 Å². The molecular weight excluding hydrogens is 246 g/mol. The second kappa shape index (κ2) is 4.89. The number of aromatic nitrogens is 1. The molecule has 3 N–H and O–H groups in total. The molecule has 0 aliphatic carbocycles. The lowest BCUT2D eigenvalue weighted by Gasteiger charge is -2.19. The van der Waals surface area contributed by atoms with E-state index in [9.17, 15) is 4.79 Å². The van der Waals surface area contributed by atoms with Gasteiger partial charge in [-0.3, -0.25) is 5.32 Å². The van der Waals surface area contributed by atoms with Gasteiger partial charge in [0.2, 0.25) is 0 Å². The number of hydrogen-bond donors (Lipinski definition) is 2. The van der Waals surface area contributed by atoms with Gasteiger partial charge in [-0.1, -0.05) is 11.2 Å². The van der Waals surface area contributed by atoms with Crippen LogP contribution in [-0.2, 0) is 11.3 Å². The zero-order chi connectivity index (χ0) is 14.0. The number of carbonyl (C=O) groups excluding carboxylic acids is 1. The molecule has 19 heavy (non-hydrogen) atoms. The number of amides is 1. The third-order valence-electron chi connectivity index (χ3n) is 2.39. The van der Waals surface area contributed by atoms with Gasteiger partial charge >= 0.3 is 6.09 Å². The van der Waals surface area contributed by atoms with Crippen LogP contribution in [0, 0.1) is 0 Å². The highest BCUT2D eigenvalue weighted by Crippen LogP contribution is 2.24. The summed E-state index contributed by atoms with van der Waals surface area (Å²) in [5.74, 6) is 0.333. The van der Waals surface area contributed by atoms with Crippen LogP contribution in [0.25, 0.3) is 11.0 Å². The number of ether oxygens (including phenoxy) is 1. The predicted octanol–water partition coefficient (Wildman–Crippen LogP) is 2.63. The van der Waals surface area contributed by atoms with E-state index in [0.29, 0.717) is 23.3 Å². The zero-order valence-corrected chi connectivity index (χ0v) is 11.2. The van der Waals surface area contributed by atoms with Gasteiger partial charge in [-0.15, -0.1) is 0 Å². The van der Waals surface area contributed by atoms with Crippen molar-refractivity contribution >= 4 is 22.9 Å². The molecule has 0 fully saturated rings. The maximum absolute atomic E-state index is 11.7. The maximum atomic E-state index is 11.7. The molecule has 0 saturated carbocycles. The van der Waals surface area contributed by atoms with Gasteiger partial charge in [0, 0.05) is 6.54 Å². The Morgan fingerprint density at radius 3 is 2.84 bits per heavy atom. The van der Waals surface area contributed by atoms with Crippen molar-refractivity contribution in [2.24, 2.45) is 5.73 Å². The molecule has 102 valence electrons. The van der Waals surface area contributed by atoms with Crippen LogP contribution >= 0.6 is 0 Å². The summed E-state index contributed by atoms with van der Waals surface area (Å²) in [6, 6.07) is 5.45. The van der Waals surface area contributed by atoms with Crippen molar-refractivity contribution in [3.63, 3.8) is 0 Å². The van der Waals surface area contributed by atoms with E-state index in [-0.39, 0.29) is 0 Å². The number of nitrogens with zero attached hydrogens (tertiary/aromatic N) is 1. The Balaban J connectivity index is 2.23. The molecule has 1 amide bonds. The normalized spacial score (nSPS) is 11.6. The Morgan fingerprint density at radius 1 is 1.47 bits per heavy atom. The predicted molar refractivity (Wildman–Crippen MR) is 71.8 cm³/mol. The van der Waals surface area contributed by atoms with Crippen molar-refractivity contribution in [2.45, 2.75) is 32.9 Å². The summed E-state index contributed by atoms with van der Waals surface area (Å²) in [7, 11) is 0. The minimum Gasteiger partial charge on any atom is -0.444 e. The van der Waals surface area contributed by atoms with Gasteiger partial charge in [0.1, 0.15) is 5.60 Å². The van der Waals surface area contributed by atoms with Gasteiger partial charge < -0.3 is 15.0 Å². The Morgan fingerprint density at radius 2 is 2.21 bits per heavy atom. The van der Waals surface area contributed by atoms with Gasteiger partial charge in [0.05, 0.1) is 5.39 Å². The molecule has 0 atom stereocenters. The molecule has 0 unspecified atom stereocenters. The van der Waals surface area contributed by atoms with Gasteiger partial charge in [0.15, 0.2) is 11.4 Å². The number of hydrogen-bond acceptors (Lipinski definition) is 5. The molecule has 0 bridgehead atoms. The summed E-state index contributed by atoms with van der Waals surface area (Å²) in [4.78, 5) is 11.7. The lowest BCUT2D eigenvalue weighted by molar-refractivity contribution is 0.0635. The number of benzene rings is 1. The largest absolute Gasteiger partial charge is 0.444 e. The van der Waals surface area contributed by atoms with Gasteiger partial charge in [-0.2, -0.15) is 0 Å². The van der Waals surface area contributed by atoms with E-state index < -0.39 is 11.7 Å². The first kappa shape index (κ1) is 13.4. The van der Waals surface area contributed by atoms with Crippen molar-refractivity contribution in [3.8, 4) is 0 Å². The smallest absolute Gasteiger partial charge is 0.413 e. The molecule has 1 aromatic carbocycles. The topological polar surface area (TPSA) is 90.4 Å². The molecule has 0 saturated heterocycles. The highest BCUT2D eigenvalue weighted by atomic mass is 16.6. The van der Waals surface area contributed by atoms with Crippen LogP contribution in [0.5, 0.6) is 0 Å². The molecule has 2 rings (SSSR count). The van der Waals surface area contributed by atoms with Crippen LogP contribution in [0.1, 0.15) is 26.3 Å². The first-order valence-corrected chi connectivity index (χ1v) is 5.97. The Hall–Kier alpha value is -2.08. The molecule has 0 spiro atoms.